The van der Waals surface area contributed by atoms with Gasteiger partial charge in [-0.3, -0.25) is 19.5 Å². The molecule has 2 amide bonds. The summed E-state index contributed by atoms with van der Waals surface area (Å²) in [5, 5.41) is 8.82. The minimum absolute atomic E-state index is 0.0408. The second-order valence-electron chi connectivity index (χ2n) is 7.56. The molecular weight excluding hydrogens is 374 g/mol. The number of nitrogens with one attached hydrogen (secondary N) is 2. The van der Waals surface area contributed by atoms with E-state index >= 15 is 0 Å². The number of piperidine rings is 1. The predicted octanol–water partition coefficient (Wildman–Crippen LogP) is 1.89. The molecule has 7 nitrogen and oxygen atoms in total. The first-order valence-corrected chi connectivity index (χ1v) is 10.6. The first kappa shape index (κ1) is 19.0. The highest BCUT2D eigenvalue weighted by Crippen LogP contribution is 2.38. The lowest BCUT2D eigenvalue weighted by Crippen LogP contribution is -2.57. The quantitative estimate of drug-likeness (QED) is 0.802. The number of aromatic nitrogens is 2. The topological polar surface area (TPSA) is 87.2 Å². The van der Waals surface area contributed by atoms with Crippen molar-refractivity contribution < 1.29 is 9.59 Å². The highest BCUT2D eigenvalue weighted by atomic mass is 32.1. The third-order valence-electron chi connectivity index (χ3n) is 5.66. The largest absolute Gasteiger partial charge is 0.349 e. The summed E-state index contributed by atoms with van der Waals surface area (Å²) in [5.74, 6) is -0.114. The van der Waals surface area contributed by atoms with Crippen LogP contribution in [0.4, 0.5) is 0 Å². The number of carbonyl (C=O) groups is 2. The SMILES string of the molecule is Cc1nc(C(=O)N[C@@H]2CN3CCCC[C@@]3(C(=O)NCc3ccccn3)C2)cs1. The van der Waals surface area contributed by atoms with E-state index in [4.69, 9.17) is 0 Å². The predicted molar refractivity (Wildman–Crippen MR) is 107 cm³/mol. The maximum absolute atomic E-state index is 13.2. The van der Waals surface area contributed by atoms with Gasteiger partial charge in [0, 0.05) is 24.2 Å². The lowest BCUT2D eigenvalue weighted by molar-refractivity contribution is -0.134. The van der Waals surface area contributed by atoms with Crippen LogP contribution in [0.3, 0.4) is 0 Å². The Balaban J connectivity index is 1.43. The first-order valence-electron chi connectivity index (χ1n) is 9.73. The summed E-state index contributed by atoms with van der Waals surface area (Å²) in [5.41, 5.74) is 0.764. The van der Waals surface area contributed by atoms with Gasteiger partial charge in [-0.1, -0.05) is 6.07 Å². The molecule has 28 heavy (non-hydrogen) atoms. The second kappa shape index (κ2) is 7.97. The van der Waals surface area contributed by atoms with E-state index in [1.165, 1.54) is 11.3 Å². The zero-order valence-corrected chi connectivity index (χ0v) is 16.8. The fourth-order valence-corrected chi connectivity index (χ4v) is 4.93. The Kier molecular flexibility index (Phi) is 5.41. The van der Waals surface area contributed by atoms with Crippen LogP contribution in [0, 0.1) is 6.92 Å². The van der Waals surface area contributed by atoms with Crippen molar-refractivity contribution in [3.05, 3.63) is 46.2 Å². The molecule has 2 aliphatic heterocycles. The Morgan fingerprint density at radius 2 is 2.25 bits per heavy atom. The van der Waals surface area contributed by atoms with Crippen molar-refractivity contribution in [3.8, 4) is 0 Å². The molecule has 2 aromatic heterocycles. The van der Waals surface area contributed by atoms with E-state index in [2.05, 4.69) is 25.5 Å². The Morgan fingerprint density at radius 3 is 3.00 bits per heavy atom. The highest BCUT2D eigenvalue weighted by molar-refractivity contribution is 7.09. The normalized spacial score (nSPS) is 24.5. The lowest BCUT2D eigenvalue weighted by atomic mass is 9.84. The molecule has 8 heteroatoms. The van der Waals surface area contributed by atoms with Crippen LogP contribution in [0.5, 0.6) is 0 Å². The van der Waals surface area contributed by atoms with Gasteiger partial charge in [0.15, 0.2) is 0 Å². The van der Waals surface area contributed by atoms with Gasteiger partial charge < -0.3 is 10.6 Å². The molecule has 2 atom stereocenters. The zero-order valence-electron chi connectivity index (χ0n) is 16.0. The van der Waals surface area contributed by atoms with Crippen molar-refractivity contribution in [1.29, 1.82) is 0 Å². The smallest absolute Gasteiger partial charge is 0.271 e. The molecule has 0 unspecified atom stereocenters. The summed E-state index contributed by atoms with van der Waals surface area (Å²) in [4.78, 5) is 36.5. The van der Waals surface area contributed by atoms with Crippen molar-refractivity contribution >= 4 is 23.2 Å². The maximum atomic E-state index is 13.2. The molecule has 4 heterocycles. The van der Waals surface area contributed by atoms with Gasteiger partial charge in [0.1, 0.15) is 11.2 Å². The molecule has 2 saturated heterocycles. The number of aryl methyl sites for hydroxylation is 1. The second-order valence-corrected chi connectivity index (χ2v) is 8.63. The van der Waals surface area contributed by atoms with Gasteiger partial charge >= 0.3 is 0 Å². The molecule has 148 valence electrons. The summed E-state index contributed by atoms with van der Waals surface area (Å²) in [6, 6.07) is 5.64. The molecule has 0 spiro atoms. The fraction of sp³-hybridized carbons (Fsp3) is 0.500. The van der Waals surface area contributed by atoms with Crippen LogP contribution in [0.1, 0.15) is 46.9 Å². The number of rotatable bonds is 5. The van der Waals surface area contributed by atoms with Crippen molar-refractivity contribution in [2.75, 3.05) is 13.1 Å². The number of fused-ring (bicyclic) bond motifs is 1. The van der Waals surface area contributed by atoms with E-state index in [-0.39, 0.29) is 17.9 Å². The number of carbonyl (C=O) groups excluding carboxylic acids is 2. The molecule has 0 aliphatic carbocycles. The Labute approximate surface area is 168 Å². The van der Waals surface area contributed by atoms with Crippen molar-refractivity contribution in [2.24, 2.45) is 0 Å². The number of hydrogen-bond donors (Lipinski definition) is 2. The molecule has 2 fully saturated rings. The van der Waals surface area contributed by atoms with Crippen molar-refractivity contribution in [1.82, 2.24) is 25.5 Å². The fourth-order valence-electron chi connectivity index (χ4n) is 4.34. The average Bonchev–Trinajstić information content (AvgIpc) is 3.30. The van der Waals surface area contributed by atoms with Gasteiger partial charge in [-0.25, -0.2) is 4.98 Å². The summed E-state index contributed by atoms with van der Waals surface area (Å²) in [6.07, 6.45) is 5.30. The Hall–Kier alpha value is -2.32. The average molecular weight is 400 g/mol. The molecule has 2 aliphatic rings. The van der Waals surface area contributed by atoms with Gasteiger partial charge in [-0.2, -0.15) is 0 Å². The zero-order chi connectivity index (χ0) is 19.6. The monoisotopic (exact) mass is 399 g/mol. The molecule has 2 aromatic rings. The molecule has 0 saturated carbocycles. The van der Waals surface area contributed by atoms with E-state index in [0.29, 0.717) is 25.2 Å². The van der Waals surface area contributed by atoms with Gasteiger partial charge in [-0.05, 0) is 51.3 Å². The third-order valence-corrected chi connectivity index (χ3v) is 6.44. The van der Waals surface area contributed by atoms with E-state index < -0.39 is 5.54 Å². The van der Waals surface area contributed by atoms with Gasteiger partial charge in [0.25, 0.3) is 5.91 Å². The minimum Gasteiger partial charge on any atom is -0.349 e. The molecule has 2 N–H and O–H groups in total. The molecule has 4 rings (SSSR count). The standard InChI is InChI=1S/C20H25N5O2S/c1-14-23-17(13-28-14)18(26)24-16-10-20(7-3-5-9-25(20)12-16)19(27)22-11-15-6-2-4-8-21-15/h2,4,6,8,13,16H,3,5,7,9-12H2,1H3,(H,22,27)(H,24,26)/t16-,20-/m0/s1. The van der Waals surface area contributed by atoms with Gasteiger partial charge in [0.2, 0.25) is 5.91 Å². The van der Waals surface area contributed by atoms with E-state index in [0.717, 1.165) is 36.5 Å². The Morgan fingerprint density at radius 1 is 1.36 bits per heavy atom. The summed E-state index contributed by atoms with van der Waals surface area (Å²) >= 11 is 1.47. The van der Waals surface area contributed by atoms with Crippen LogP contribution >= 0.6 is 11.3 Å². The number of hydrogen-bond acceptors (Lipinski definition) is 6. The number of nitrogens with zero attached hydrogens (tertiary/aromatic N) is 3. The molecular formula is C20H25N5O2S. The van der Waals surface area contributed by atoms with Crippen LogP contribution in [0.25, 0.3) is 0 Å². The lowest BCUT2D eigenvalue weighted by Gasteiger charge is -2.40. The molecule has 0 bridgehead atoms. The number of pyridine rings is 1. The van der Waals surface area contributed by atoms with Crippen LogP contribution < -0.4 is 10.6 Å². The third kappa shape index (κ3) is 3.79. The minimum atomic E-state index is -0.539. The van der Waals surface area contributed by atoms with Crippen molar-refractivity contribution in [3.63, 3.8) is 0 Å². The van der Waals surface area contributed by atoms with Crippen LogP contribution in [0.15, 0.2) is 29.8 Å². The summed E-state index contributed by atoms with van der Waals surface area (Å²) < 4.78 is 0. The number of thiazole rings is 1. The van der Waals surface area contributed by atoms with E-state index in [1.54, 1.807) is 11.6 Å². The van der Waals surface area contributed by atoms with Gasteiger partial charge in [-0.15, -0.1) is 11.3 Å². The van der Waals surface area contributed by atoms with Gasteiger partial charge in [0.05, 0.1) is 17.2 Å². The molecule has 0 aromatic carbocycles. The van der Waals surface area contributed by atoms with Crippen LogP contribution in [-0.2, 0) is 11.3 Å². The van der Waals surface area contributed by atoms with E-state index in [9.17, 15) is 9.59 Å². The van der Waals surface area contributed by atoms with Crippen LogP contribution in [-0.4, -0.2) is 51.4 Å². The number of amides is 2. The van der Waals surface area contributed by atoms with Crippen molar-refractivity contribution in [2.45, 2.75) is 50.7 Å². The highest BCUT2D eigenvalue weighted by Gasteiger charge is 2.52. The van der Waals surface area contributed by atoms with E-state index in [1.807, 2.05) is 25.1 Å². The maximum Gasteiger partial charge on any atom is 0.271 e. The summed E-state index contributed by atoms with van der Waals surface area (Å²) in [6.45, 7) is 3.90. The van der Waals surface area contributed by atoms with Crippen LogP contribution in [0.2, 0.25) is 0 Å². The Bertz CT molecular complexity index is 855. The molecule has 0 radical (unpaired) electrons. The summed E-state index contributed by atoms with van der Waals surface area (Å²) in [7, 11) is 0. The first-order chi connectivity index (χ1) is 13.6.